The molecule has 3 aromatic rings. The molecule has 2 heterocycles. The number of hydrogen-bond acceptors (Lipinski definition) is 8. The summed E-state index contributed by atoms with van der Waals surface area (Å²) in [7, 11) is -1.49. The Labute approximate surface area is 225 Å². The monoisotopic (exact) mass is 535 g/mol. The van der Waals surface area contributed by atoms with Crippen LogP contribution in [0.3, 0.4) is 0 Å². The van der Waals surface area contributed by atoms with E-state index in [1.165, 1.54) is 5.69 Å². The standard InChI is InChI=1S/C28H37N7O2S/c1-28(2,3)33-38(36,37)23-8-5-7-21(19-23)29-26-24-9-6-10-25(24)31-27(32-26)30-20-11-13-22(14-12-20)35-17-15-34(4)16-18-35/h5,7-8,11-14,19,33H,6,9-10,15-18H2,1-4H3,(H2,29,30,31,32). The van der Waals surface area contributed by atoms with Gasteiger partial charge in [0.15, 0.2) is 0 Å². The van der Waals surface area contributed by atoms with E-state index in [-0.39, 0.29) is 4.90 Å². The fourth-order valence-electron chi connectivity index (χ4n) is 4.88. The molecule has 0 unspecified atom stereocenters. The summed E-state index contributed by atoms with van der Waals surface area (Å²) in [6.45, 7) is 9.67. The van der Waals surface area contributed by atoms with Crippen LogP contribution in [0.4, 0.5) is 28.8 Å². The molecular weight excluding hydrogens is 498 g/mol. The minimum atomic E-state index is -3.65. The second kappa shape index (κ2) is 10.5. The summed E-state index contributed by atoms with van der Waals surface area (Å²) in [5, 5.41) is 6.73. The van der Waals surface area contributed by atoms with E-state index < -0.39 is 15.6 Å². The Balaban J connectivity index is 1.35. The minimum Gasteiger partial charge on any atom is -0.369 e. The summed E-state index contributed by atoms with van der Waals surface area (Å²) in [5.41, 5.74) is 4.35. The Morgan fingerprint density at radius 3 is 2.32 bits per heavy atom. The van der Waals surface area contributed by atoms with Gasteiger partial charge in [0.05, 0.1) is 10.6 Å². The molecule has 2 aliphatic rings. The summed E-state index contributed by atoms with van der Waals surface area (Å²) >= 11 is 0. The van der Waals surface area contributed by atoms with Gasteiger partial charge in [0, 0.05) is 54.3 Å². The number of sulfonamides is 1. The third-order valence-electron chi connectivity index (χ3n) is 6.77. The van der Waals surface area contributed by atoms with E-state index in [4.69, 9.17) is 9.97 Å². The number of anilines is 5. The Hall–Kier alpha value is -3.21. The number of hydrogen-bond donors (Lipinski definition) is 3. The van der Waals surface area contributed by atoms with E-state index in [2.05, 4.69) is 56.5 Å². The van der Waals surface area contributed by atoms with Gasteiger partial charge in [-0.05, 0) is 89.5 Å². The fraction of sp³-hybridized carbons (Fsp3) is 0.429. The number of rotatable bonds is 7. The van der Waals surface area contributed by atoms with Crippen molar-refractivity contribution < 1.29 is 8.42 Å². The van der Waals surface area contributed by atoms with Gasteiger partial charge in [-0.2, -0.15) is 4.98 Å². The Morgan fingerprint density at radius 2 is 1.61 bits per heavy atom. The van der Waals surface area contributed by atoms with Crippen molar-refractivity contribution in [3.63, 3.8) is 0 Å². The minimum absolute atomic E-state index is 0.210. The molecule has 9 nitrogen and oxygen atoms in total. The van der Waals surface area contributed by atoms with Gasteiger partial charge >= 0.3 is 0 Å². The summed E-state index contributed by atoms with van der Waals surface area (Å²) in [4.78, 5) is 14.5. The van der Waals surface area contributed by atoms with E-state index in [9.17, 15) is 8.42 Å². The van der Waals surface area contributed by atoms with Crippen molar-refractivity contribution in [2.75, 3.05) is 48.8 Å². The first-order valence-corrected chi connectivity index (χ1v) is 14.7. The van der Waals surface area contributed by atoms with Crippen LogP contribution in [0.5, 0.6) is 0 Å². The lowest BCUT2D eigenvalue weighted by Crippen LogP contribution is -2.44. The van der Waals surface area contributed by atoms with Gasteiger partial charge < -0.3 is 20.4 Å². The van der Waals surface area contributed by atoms with Crippen molar-refractivity contribution in [3.8, 4) is 0 Å². The lowest BCUT2D eigenvalue weighted by atomic mass is 10.1. The first-order valence-electron chi connectivity index (χ1n) is 13.2. The van der Waals surface area contributed by atoms with Crippen LogP contribution in [0.1, 0.15) is 38.4 Å². The average Bonchev–Trinajstić information content (AvgIpc) is 3.33. The number of piperazine rings is 1. The van der Waals surface area contributed by atoms with Crippen LogP contribution in [0.25, 0.3) is 0 Å². The summed E-state index contributed by atoms with van der Waals surface area (Å²) in [5.74, 6) is 1.24. The Bertz CT molecular complexity index is 1390. The molecule has 3 N–H and O–H groups in total. The van der Waals surface area contributed by atoms with E-state index >= 15 is 0 Å². The molecule has 10 heteroatoms. The van der Waals surface area contributed by atoms with E-state index in [0.717, 1.165) is 62.4 Å². The van der Waals surface area contributed by atoms with E-state index in [0.29, 0.717) is 17.5 Å². The predicted octanol–water partition coefficient (Wildman–Crippen LogP) is 4.28. The van der Waals surface area contributed by atoms with E-state index in [1.807, 2.05) is 26.8 Å². The first-order chi connectivity index (χ1) is 18.1. The zero-order valence-corrected chi connectivity index (χ0v) is 23.4. The van der Waals surface area contributed by atoms with Crippen LogP contribution in [-0.2, 0) is 22.9 Å². The molecule has 1 aliphatic carbocycles. The SMILES string of the molecule is CN1CCN(c2ccc(Nc3nc4c(c(Nc5cccc(S(=O)(=O)NC(C)(C)C)c5)n3)CCC4)cc2)CC1. The molecule has 38 heavy (non-hydrogen) atoms. The number of benzene rings is 2. The summed E-state index contributed by atoms with van der Waals surface area (Å²) in [6.07, 6.45) is 2.81. The Morgan fingerprint density at radius 1 is 0.868 bits per heavy atom. The number of likely N-dealkylation sites (N-methyl/N-ethyl adjacent to an activating group) is 1. The summed E-state index contributed by atoms with van der Waals surface area (Å²) < 4.78 is 28.4. The van der Waals surface area contributed by atoms with Crippen LogP contribution in [0.15, 0.2) is 53.4 Å². The average molecular weight is 536 g/mol. The highest BCUT2D eigenvalue weighted by Crippen LogP contribution is 2.31. The largest absolute Gasteiger partial charge is 0.369 e. The van der Waals surface area contributed by atoms with E-state index in [1.54, 1.807) is 18.2 Å². The zero-order chi connectivity index (χ0) is 26.9. The summed E-state index contributed by atoms with van der Waals surface area (Å²) in [6, 6.07) is 15.2. The molecule has 0 amide bonds. The molecule has 5 rings (SSSR count). The van der Waals surface area contributed by atoms with Crippen LogP contribution in [-0.4, -0.2) is 62.1 Å². The highest BCUT2D eigenvalue weighted by molar-refractivity contribution is 7.89. The third-order valence-corrected chi connectivity index (χ3v) is 8.53. The maximum Gasteiger partial charge on any atom is 0.241 e. The van der Waals surface area contributed by atoms with Crippen molar-refractivity contribution in [2.24, 2.45) is 0 Å². The van der Waals surface area contributed by atoms with Crippen LogP contribution in [0.2, 0.25) is 0 Å². The van der Waals surface area contributed by atoms with Gasteiger partial charge in [0.2, 0.25) is 16.0 Å². The fourth-order valence-corrected chi connectivity index (χ4v) is 6.34. The maximum absolute atomic E-state index is 12.9. The Kier molecular flexibility index (Phi) is 7.30. The molecule has 0 bridgehead atoms. The van der Waals surface area contributed by atoms with Crippen molar-refractivity contribution in [1.29, 1.82) is 0 Å². The van der Waals surface area contributed by atoms with Gasteiger partial charge in [-0.15, -0.1) is 0 Å². The lowest BCUT2D eigenvalue weighted by Gasteiger charge is -2.34. The molecule has 0 saturated carbocycles. The van der Waals surface area contributed by atoms with Crippen molar-refractivity contribution in [2.45, 2.75) is 50.5 Å². The topological polar surface area (TPSA) is 102 Å². The second-order valence-corrected chi connectivity index (χ2v) is 12.8. The molecule has 1 aliphatic heterocycles. The second-order valence-electron chi connectivity index (χ2n) is 11.1. The molecule has 0 radical (unpaired) electrons. The van der Waals surface area contributed by atoms with Crippen molar-refractivity contribution in [1.82, 2.24) is 19.6 Å². The van der Waals surface area contributed by atoms with Crippen molar-refractivity contribution in [3.05, 3.63) is 59.8 Å². The molecule has 2 aromatic carbocycles. The zero-order valence-electron chi connectivity index (χ0n) is 22.6. The molecule has 1 fully saturated rings. The highest BCUT2D eigenvalue weighted by Gasteiger charge is 2.23. The van der Waals surface area contributed by atoms with Crippen molar-refractivity contribution >= 4 is 38.9 Å². The van der Waals surface area contributed by atoms with Gasteiger partial charge in [-0.1, -0.05) is 6.07 Å². The predicted molar refractivity (Wildman–Crippen MR) is 153 cm³/mol. The molecule has 202 valence electrons. The van der Waals surface area contributed by atoms with Crippen LogP contribution < -0.4 is 20.3 Å². The van der Waals surface area contributed by atoms with Gasteiger partial charge in [-0.3, -0.25) is 0 Å². The lowest BCUT2D eigenvalue weighted by molar-refractivity contribution is 0.313. The van der Waals surface area contributed by atoms with Crippen LogP contribution >= 0.6 is 0 Å². The smallest absolute Gasteiger partial charge is 0.241 e. The number of aromatic nitrogens is 2. The molecular formula is C28H37N7O2S. The van der Waals surface area contributed by atoms with Crippen LogP contribution in [0, 0.1) is 0 Å². The third kappa shape index (κ3) is 6.25. The normalized spacial score (nSPS) is 16.4. The molecule has 0 atom stereocenters. The number of fused-ring (bicyclic) bond motifs is 1. The van der Waals surface area contributed by atoms with Gasteiger partial charge in [0.25, 0.3) is 0 Å². The molecule has 0 spiro atoms. The number of nitrogens with one attached hydrogen (secondary N) is 3. The van der Waals surface area contributed by atoms with Gasteiger partial charge in [0.1, 0.15) is 5.82 Å². The molecule has 1 saturated heterocycles. The van der Waals surface area contributed by atoms with Gasteiger partial charge in [-0.25, -0.2) is 18.1 Å². The quantitative estimate of drug-likeness (QED) is 0.412. The number of aryl methyl sites for hydroxylation is 1. The molecule has 1 aromatic heterocycles. The number of nitrogens with zero attached hydrogens (tertiary/aromatic N) is 4. The first kappa shape index (κ1) is 26.4. The maximum atomic E-state index is 12.9. The highest BCUT2D eigenvalue weighted by atomic mass is 32.2.